The van der Waals surface area contributed by atoms with Crippen LogP contribution >= 0.6 is 11.8 Å². The molecule has 0 radical (unpaired) electrons. The van der Waals surface area contributed by atoms with Gasteiger partial charge in [-0.05, 0) is 0 Å². The normalized spacial score (nSPS) is 16.7. The van der Waals surface area contributed by atoms with Crippen LogP contribution in [-0.2, 0) is 0 Å². The van der Waals surface area contributed by atoms with Crippen LogP contribution in [0.4, 0.5) is 0 Å². The fourth-order valence-corrected chi connectivity index (χ4v) is 1.32. The molecule has 1 fully saturated rings. The van der Waals surface area contributed by atoms with Crippen LogP contribution in [0.2, 0.25) is 0 Å². The van der Waals surface area contributed by atoms with Gasteiger partial charge in [0.05, 0.1) is 0 Å². The van der Waals surface area contributed by atoms with E-state index in [0.29, 0.717) is 0 Å². The maximum atomic E-state index is 2.25. The van der Waals surface area contributed by atoms with E-state index < -0.39 is 0 Å². The largest absolute Gasteiger partial charge is 0.157 e. The summed E-state index contributed by atoms with van der Waals surface area (Å²) in [6, 6.07) is 0. The van der Waals surface area contributed by atoms with Crippen molar-refractivity contribution in [3.63, 3.8) is 0 Å². The molecule has 1 aliphatic heterocycles. The van der Waals surface area contributed by atoms with Gasteiger partial charge in [-0.2, -0.15) is 11.8 Å². The van der Waals surface area contributed by atoms with Crippen molar-refractivity contribution in [2.24, 2.45) is 0 Å². The molecule has 1 saturated heterocycles. The molecule has 0 N–H and O–H groups in total. The lowest BCUT2D eigenvalue weighted by atomic mass is 10.2. The van der Waals surface area contributed by atoms with Crippen LogP contribution in [0, 0.1) is 0 Å². The number of hydrogen-bond donors (Lipinski definition) is 0. The topological polar surface area (TPSA) is 0 Å². The standard InChI is InChI=1S/C7H16.C5H12.C3H6S/c1-3-5-7-6-4-2;1-3-5-4-2;1-3-2-4-3/h3-7H2,1-2H3;3-5H2,1-2H3;3H,2H2,1H3. The average molecular weight is 247 g/mol. The van der Waals surface area contributed by atoms with Crippen LogP contribution in [0.5, 0.6) is 0 Å². The third-order valence-corrected chi connectivity index (χ3v) is 3.41. The summed E-state index contributed by atoms with van der Waals surface area (Å²) in [5.41, 5.74) is 0. The molecule has 1 atom stereocenters. The molecule has 100 valence electrons. The maximum absolute atomic E-state index is 2.25. The van der Waals surface area contributed by atoms with Crippen molar-refractivity contribution < 1.29 is 0 Å². The average Bonchev–Trinajstić information content (AvgIpc) is 3.05. The van der Waals surface area contributed by atoms with E-state index >= 15 is 0 Å². The van der Waals surface area contributed by atoms with Crippen molar-refractivity contribution >= 4 is 11.8 Å². The molecule has 0 spiro atoms. The van der Waals surface area contributed by atoms with Crippen LogP contribution in [0.1, 0.15) is 86.0 Å². The van der Waals surface area contributed by atoms with E-state index in [1.165, 1.54) is 57.1 Å². The Hall–Kier alpha value is 0.350. The summed E-state index contributed by atoms with van der Waals surface area (Å²) in [5, 5.41) is 1.000. The molecule has 1 aliphatic rings. The van der Waals surface area contributed by atoms with Gasteiger partial charge in [-0.3, -0.25) is 0 Å². The first-order valence-electron chi connectivity index (χ1n) is 7.34. The van der Waals surface area contributed by atoms with Crippen LogP contribution < -0.4 is 0 Å². The highest BCUT2D eigenvalue weighted by atomic mass is 32.2. The lowest BCUT2D eigenvalue weighted by Gasteiger charge is -1.90. The Bertz CT molecular complexity index is 91.6. The van der Waals surface area contributed by atoms with Crippen molar-refractivity contribution in [1.29, 1.82) is 0 Å². The van der Waals surface area contributed by atoms with Crippen LogP contribution in [-0.4, -0.2) is 11.0 Å². The molecule has 1 heterocycles. The minimum atomic E-state index is 1.000. The first-order chi connectivity index (χ1) is 7.72. The van der Waals surface area contributed by atoms with Gasteiger partial charge < -0.3 is 0 Å². The number of unbranched alkanes of at least 4 members (excludes halogenated alkanes) is 6. The molecule has 1 rings (SSSR count). The van der Waals surface area contributed by atoms with Crippen molar-refractivity contribution in [2.75, 3.05) is 5.75 Å². The highest BCUT2D eigenvalue weighted by Crippen LogP contribution is 2.28. The van der Waals surface area contributed by atoms with Crippen molar-refractivity contribution in [1.82, 2.24) is 0 Å². The minimum Gasteiger partial charge on any atom is -0.157 e. The molecule has 0 saturated carbocycles. The molecule has 0 aromatic carbocycles. The summed E-state index contributed by atoms with van der Waals surface area (Å²) in [6.45, 7) is 11.2. The molecule has 0 aromatic rings. The summed E-state index contributed by atoms with van der Waals surface area (Å²) in [5.74, 6) is 1.40. The summed E-state index contributed by atoms with van der Waals surface area (Å²) in [6.07, 6.45) is 11.1. The maximum Gasteiger partial charge on any atom is 0.0110 e. The summed E-state index contributed by atoms with van der Waals surface area (Å²) in [7, 11) is 0. The minimum absolute atomic E-state index is 1.000. The van der Waals surface area contributed by atoms with Crippen LogP contribution in [0.15, 0.2) is 0 Å². The lowest BCUT2D eigenvalue weighted by Crippen LogP contribution is -1.70. The summed E-state index contributed by atoms with van der Waals surface area (Å²) < 4.78 is 0. The van der Waals surface area contributed by atoms with E-state index in [-0.39, 0.29) is 0 Å². The molecule has 0 nitrogen and oxygen atoms in total. The van der Waals surface area contributed by atoms with Gasteiger partial charge >= 0.3 is 0 Å². The van der Waals surface area contributed by atoms with Crippen molar-refractivity contribution in [3.8, 4) is 0 Å². The predicted molar refractivity (Wildman–Crippen MR) is 81.6 cm³/mol. The Labute approximate surface area is 109 Å². The zero-order chi connectivity index (χ0) is 12.6. The Kier molecular flexibility index (Phi) is 20.7. The van der Waals surface area contributed by atoms with Crippen molar-refractivity contribution in [3.05, 3.63) is 0 Å². The first kappa shape index (κ1) is 18.7. The zero-order valence-electron chi connectivity index (χ0n) is 12.3. The molecule has 0 aliphatic carbocycles. The van der Waals surface area contributed by atoms with E-state index in [4.69, 9.17) is 0 Å². The van der Waals surface area contributed by atoms with E-state index in [1.807, 2.05) is 11.8 Å². The molecule has 0 amide bonds. The molecule has 1 heteroatoms. The highest BCUT2D eigenvalue weighted by Gasteiger charge is 2.13. The lowest BCUT2D eigenvalue weighted by molar-refractivity contribution is 0.656. The molecular weight excluding hydrogens is 212 g/mol. The second kappa shape index (κ2) is 17.7. The van der Waals surface area contributed by atoms with E-state index in [1.54, 1.807) is 0 Å². The van der Waals surface area contributed by atoms with Crippen molar-refractivity contribution in [2.45, 2.75) is 91.2 Å². The second-order valence-electron chi connectivity index (χ2n) is 4.56. The van der Waals surface area contributed by atoms with E-state index in [0.717, 1.165) is 5.25 Å². The van der Waals surface area contributed by atoms with Gasteiger partial charge in [0.2, 0.25) is 0 Å². The first-order valence-corrected chi connectivity index (χ1v) is 8.39. The van der Waals surface area contributed by atoms with E-state index in [9.17, 15) is 0 Å². The zero-order valence-corrected chi connectivity index (χ0v) is 13.2. The number of thioether (sulfide) groups is 1. The van der Waals surface area contributed by atoms with Gasteiger partial charge in [0.1, 0.15) is 0 Å². The Morgan fingerprint density at radius 1 is 0.750 bits per heavy atom. The quantitative estimate of drug-likeness (QED) is 0.392. The van der Waals surface area contributed by atoms with Gasteiger partial charge in [0.25, 0.3) is 0 Å². The number of hydrogen-bond acceptors (Lipinski definition) is 1. The van der Waals surface area contributed by atoms with Crippen LogP contribution in [0.25, 0.3) is 0 Å². The number of rotatable bonds is 6. The van der Waals surface area contributed by atoms with E-state index in [2.05, 4.69) is 34.6 Å². The fourth-order valence-electron chi connectivity index (χ4n) is 1.13. The van der Waals surface area contributed by atoms with Crippen LogP contribution in [0.3, 0.4) is 0 Å². The van der Waals surface area contributed by atoms with Gasteiger partial charge in [0.15, 0.2) is 0 Å². The molecule has 0 aromatic heterocycles. The highest BCUT2D eigenvalue weighted by molar-refractivity contribution is 8.06. The SMILES string of the molecule is CC1CS1.CCCCC.CCCCCCC. The third-order valence-electron chi connectivity index (χ3n) is 2.41. The Morgan fingerprint density at radius 3 is 1.19 bits per heavy atom. The predicted octanol–water partition coefficient (Wildman–Crippen LogP) is 6.29. The second-order valence-corrected chi connectivity index (χ2v) is 6.03. The fraction of sp³-hybridized carbons (Fsp3) is 1.00. The molecule has 0 bridgehead atoms. The van der Waals surface area contributed by atoms with Gasteiger partial charge in [-0.25, -0.2) is 0 Å². The summed E-state index contributed by atoms with van der Waals surface area (Å²) >= 11 is 2.02. The molecule has 16 heavy (non-hydrogen) atoms. The smallest absolute Gasteiger partial charge is 0.0110 e. The third kappa shape index (κ3) is 29.3. The molecular formula is C15H34S. The Balaban J connectivity index is 0. The monoisotopic (exact) mass is 246 g/mol. The van der Waals surface area contributed by atoms with Gasteiger partial charge in [-0.15, -0.1) is 0 Å². The molecule has 1 unspecified atom stereocenters. The van der Waals surface area contributed by atoms with Gasteiger partial charge in [-0.1, -0.05) is 86.0 Å². The Morgan fingerprint density at radius 2 is 1.06 bits per heavy atom. The summed E-state index contributed by atoms with van der Waals surface area (Å²) in [4.78, 5) is 0. The van der Waals surface area contributed by atoms with Gasteiger partial charge in [0, 0.05) is 11.0 Å².